The number of alkyl halides is 3. The molecule has 0 spiro atoms. The standard InChI is InChI=1S/C20H16F3N3O3/c1-13-11-15(14-3-5-16(6-4-14)28-20(21,22)23)12-17-18(13)29-25-19(17)27-10-9-26-8-2-7-24-26/h2-8,11-12H,9-10H2,1H3. The van der Waals surface area contributed by atoms with E-state index in [1.54, 1.807) is 23.0 Å². The number of hydrogen-bond acceptors (Lipinski definition) is 5. The maximum atomic E-state index is 12.3. The number of benzene rings is 2. The van der Waals surface area contributed by atoms with Crippen LogP contribution in [0.15, 0.2) is 59.4 Å². The van der Waals surface area contributed by atoms with Crippen molar-refractivity contribution >= 4 is 11.0 Å². The Morgan fingerprint density at radius 3 is 2.59 bits per heavy atom. The van der Waals surface area contributed by atoms with Gasteiger partial charge < -0.3 is 14.0 Å². The lowest BCUT2D eigenvalue weighted by atomic mass is 10.0. The van der Waals surface area contributed by atoms with Gasteiger partial charge in [0.25, 0.3) is 5.88 Å². The highest BCUT2D eigenvalue weighted by molar-refractivity contribution is 5.89. The monoisotopic (exact) mass is 403 g/mol. The Kier molecular flexibility index (Phi) is 4.87. The first kappa shape index (κ1) is 18.9. The summed E-state index contributed by atoms with van der Waals surface area (Å²) < 4.78 is 53.8. The first-order chi connectivity index (χ1) is 13.9. The quantitative estimate of drug-likeness (QED) is 0.455. The average molecular weight is 403 g/mol. The molecule has 0 N–H and O–H groups in total. The van der Waals surface area contributed by atoms with Crippen molar-refractivity contribution in [3.05, 3.63) is 60.4 Å². The van der Waals surface area contributed by atoms with Crippen LogP contribution < -0.4 is 9.47 Å². The van der Waals surface area contributed by atoms with E-state index in [1.165, 1.54) is 12.1 Å². The van der Waals surface area contributed by atoms with Gasteiger partial charge in [-0.05, 0) is 59.1 Å². The summed E-state index contributed by atoms with van der Waals surface area (Å²) in [5.74, 6) is 0.0841. The number of aromatic nitrogens is 3. The lowest BCUT2D eigenvalue weighted by Gasteiger charge is -2.10. The molecular formula is C20H16F3N3O3. The zero-order valence-corrected chi connectivity index (χ0v) is 15.3. The topological polar surface area (TPSA) is 62.3 Å². The molecule has 9 heteroatoms. The average Bonchev–Trinajstić information content (AvgIpc) is 3.32. The summed E-state index contributed by atoms with van der Waals surface area (Å²) in [4.78, 5) is 0. The predicted octanol–water partition coefficient (Wildman–Crippen LogP) is 4.98. The minimum atomic E-state index is -4.72. The molecule has 0 saturated heterocycles. The van der Waals surface area contributed by atoms with Crippen LogP contribution in [0.25, 0.3) is 22.1 Å². The molecule has 0 unspecified atom stereocenters. The SMILES string of the molecule is Cc1cc(-c2ccc(OC(F)(F)F)cc2)cc2c(OCCn3cccn3)noc12. The van der Waals surface area contributed by atoms with Crippen LogP contribution in [0.4, 0.5) is 13.2 Å². The normalized spacial score (nSPS) is 11.7. The molecule has 0 radical (unpaired) electrons. The van der Waals surface area contributed by atoms with Gasteiger partial charge in [-0.25, -0.2) is 0 Å². The molecule has 4 rings (SSSR count). The van der Waals surface area contributed by atoms with Crippen molar-refractivity contribution in [1.29, 1.82) is 0 Å². The molecule has 0 saturated carbocycles. The summed E-state index contributed by atoms with van der Waals surface area (Å²) in [7, 11) is 0. The van der Waals surface area contributed by atoms with E-state index in [0.717, 1.165) is 16.7 Å². The van der Waals surface area contributed by atoms with Gasteiger partial charge >= 0.3 is 6.36 Å². The first-order valence-electron chi connectivity index (χ1n) is 8.75. The van der Waals surface area contributed by atoms with Crippen LogP contribution in [0.3, 0.4) is 0 Å². The van der Waals surface area contributed by atoms with E-state index >= 15 is 0 Å². The van der Waals surface area contributed by atoms with Crippen molar-refractivity contribution < 1.29 is 27.2 Å². The van der Waals surface area contributed by atoms with Crippen molar-refractivity contribution in [1.82, 2.24) is 14.9 Å². The first-order valence-corrected chi connectivity index (χ1v) is 8.75. The minimum Gasteiger partial charge on any atom is -0.473 e. The van der Waals surface area contributed by atoms with Gasteiger partial charge in [0.05, 0.1) is 11.9 Å². The van der Waals surface area contributed by atoms with E-state index in [0.29, 0.717) is 30.0 Å². The molecule has 4 aromatic rings. The van der Waals surface area contributed by atoms with Crippen LogP contribution in [0, 0.1) is 6.92 Å². The second kappa shape index (κ2) is 7.50. The molecule has 150 valence electrons. The Labute approximate surface area is 163 Å². The molecule has 0 aliphatic heterocycles. The lowest BCUT2D eigenvalue weighted by molar-refractivity contribution is -0.274. The lowest BCUT2D eigenvalue weighted by Crippen LogP contribution is -2.16. The van der Waals surface area contributed by atoms with Gasteiger partial charge in [-0.15, -0.1) is 13.2 Å². The number of aryl methyl sites for hydroxylation is 1. The van der Waals surface area contributed by atoms with Crippen molar-refractivity contribution in [3.63, 3.8) is 0 Å². The zero-order valence-electron chi connectivity index (χ0n) is 15.3. The van der Waals surface area contributed by atoms with Gasteiger partial charge in [-0.1, -0.05) is 12.1 Å². The summed E-state index contributed by atoms with van der Waals surface area (Å²) in [5.41, 5.74) is 2.96. The maximum absolute atomic E-state index is 12.3. The minimum absolute atomic E-state index is 0.272. The van der Waals surface area contributed by atoms with Crippen LogP contribution >= 0.6 is 0 Å². The van der Waals surface area contributed by atoms with Gasteiger partial charge in [0, 0.05) is 12.4 Å². The molecular weight excluding hydrogens is 387 g/mol. The predicted molar refractivity (Wildman–Crippen MR) is 98.6 cm³/mol. The van der Waals surface area contributed by atoms with E-state index in [4.69, 9.17) is 9.26 Å². The third-order valence-corrected chi connectivity index (χ3v) is 4.26. The van der Waals surface area contributed by atoms with E-state index in [1.807, 2.05) is 31.3 Å². The summed E-state index contributed by atoms with van der Waals surface area (Å²) in [6.07, 6.45) is -1.20. The molecule has 0 bridgehead atoms. The Balaban J connectivity index is 1.57. The second-order valence-electron chi connectivity index (χ2n) is 6.35. The van der Waals surface area contributed by atoms with Crippen molar-refractivity contribution in [3.8, 4) is 22.8 Å². The molecule has 2 heterocycles. The van der Waals surface area contributed by atoms with Crippen molar-refractivity contribution in [2.45, 2.75) is 19.8 Å². The van der Waals surface area contributed by atoms with E-state index < -0.39 is 6.36 Å². The number of ether oxygens (including phenoxy) is 2. The van der Waals surface area contributed by atoms with Crippen LogP contribution in [-0.4, -0.2) is 27.9 Å². The fourth-order valence-corrected chi connectivity index (χ4v) is 2.98. The van der Waals surface area contributed by atoms with Crippen LogP contribution in [-0.2, 0) is 6.54 Å². The fourth-order valence-electron chi connectivity index (χ4n) is 2.98. The zero-order chi connectivity index (χ0) is 20.4. The summed E-state index contributed by atoms with van der Waals surface area (Å²) >= 11 is 0. The Bertz CT molecular complexity index is 1100. The van der Waals surface area contributed by atoms with Crippen LogP contribution in [0.5, 0.6) is 11.6 Å². The Morgan fingerprint density at radius 1 is 1.10 bits per heavy atom. The van der Waals surface area contributed by atoms with Crippen LogP contribution in [0.2, 0.25) is 0 Å². The number of nitrogens with zero attached hydrogens (tertiary/aromatic N) is 3. The maximum Gasteiger partial charge on any atom is 0.573 e. The largest absolute Gasteiger partial charge is 0.573 e. The Morgan fingerprint density at radius 2 is 1.90 bits per heavy atom. The van der Waals surface area contributed by atoms with Gasteiger partial charge in [0.2, 0.25) is 0 Å². The molecule has 0 aliphatic carbocycles. The molecule has 6 nitrogen and oxygen atoms in total. The van der Waals surface area contributed by atoms with E-state index in [9.17, 15) is 13.2 Å². The number of fused-ring (bicyclic) bond motifs is 1. The second-order valence-corrected chi connectivity index (χ2v) is 6.35. The van der Waals surface area contributed by atoms with E-state index in [-0.39, 0.29) is 5.75 Å². The van der Waals surface area contributed by atoms with Gasteiger partial charge in [0.1, 0.15) is 12.4 Å². The van der Waals surface area contributed by atoms with Crippen molar-refractivity contribution in [2.75, 3.05) is 6.61 Å². The summed E-state index contributed by atoms with van der Waals surface area (Å²) in [6.45, 7) is 2.78. The Hall–Kier alpha value is -3.49. The number of rotatable bonds is 6. The van der Waals surface area contributed by atoms with Gasteiger partial charge in [0.15, 0.2) is 5.58 Å². The third kappa shape index (κ3) is 4.34. The van der Waals surface area contributed by atoms with Crippen molar-refractivity contribution in [2.24, 2.45) is 0 Å². The van der Waals surface area contributed by atoms with E-state index in [2.05, 4.69) is 15.0 Å². The van der Waals surface area contributed by atoms with Gasteiger partial charge in [-0.2, -0.15) is 5.10 Å². The summed E-state index contributed by atoms with van der Waals surface area (Å²) in [5, 5.41) is 8.79. The molecule has 2 aromatic heterocycles. The highest BCUT2D eigenvalue weighted by atomic mass is 19.4. The number of hydrogen-bond donors (Lipinski definition) is 0. The fraction of sp³-hybridized carbons (Fsp3) is 0.200. The third-order valence-electron chi connectivity index (χ3n) is 4.26. The molecule has 29 heavy (non-hydrogen) atoms. The highest BCUT2D eigenvalue weighted by Crippen LogP contribution is 2.34. The molecule has 2 aromatic carbocycles. The van der Waals surface area contributed by atoms with Crippen LogP contribution in [0.1, 0.15) is 5.56 Å². The molecule has 0 amide bonds. The summed E-state index contributed by atoms with van der Waals surface area (Å²) in [6, 6.07) is 11.2. The molecule has 0 fully saturated rings. The molecule has 0 atom stereocenters. The highest BCUT2D eigenvalue weighted by Gasteiger charge is 2.31. The number of halogens is 3. The molecule has 0 aliphatic rings. The van der Waals surface area contributed by atoms with Gasteiger partial charge in [-0.3, -0.25) is 4.68 Å². The smallest absolute Gasteiger partial charge is 0.473 e.